The molecule has 0 amide bonds. The third-order valence-corrected chi connectivity index (χ3v) is 3.72. The van der Waals surface area contributed by atoms with Gasteiger partial charge in [0.15, 0.2) is 0 Å². The number of pyridine rings is 1. The van der Waals surface area contributed by atoms with Crippen LogP contribution in [-0.2, 0) is 6.54 Å². The first-order valence-electron chi connectivity index (χ1n) is 5.50. The second-order valence-electron chi connectivity index (χ2n) is 3.69. The minimum absolute atomic E-state index is 0.373. The summed E-state index contributed by atoms with van der Waals surface area (Å²) in [5.74, 6) is 1.86. The summed E-state index contributed by atoms with van der Waals surface area (Å²) >= 11 is 6.86. The Kier molecular flexibility index (Phi) is 4.79. The molecule has 0 aliphatic rings. The van der Waals surface area contributed by atoms with Crippen molar-refractivity contribution in [3.63, 3.8) is 0 Å². The van der Waals surface area contributed by atoms with Gasteiger partial charge >= 0.3 is 0 Å². The van der Waals surface area contributed by atoms with Gasteiger partial charge < -0.3 is 15.2 Å². The number of nitrogens with two attached hydrogens (primary N) is 1. The Hall–Kier alpha value is -1.11. The van der Waals surface area contributed by atoms with E-state index in [9.17, 15) is 0 Å². The zero-order valence-corrected chi connectivity index (χ0v) is 13.4. The second-order valence-corrected chi connectivity index (χ2v) is 5.40. The van der Waals surface area contributed by atoms with Crippen LogP contribution in [0.5, 0.6) is 17.4 Å². The topological polar surface area (TPSA) is 57.4 Å². The van der Waals surface area contributed by atoms with Crippen LogP contribution in [-0.4, -0.2) is 12.1 Å². The fraction of sp³-hybridized carbons (Fsp3) is 0.154. The number of ether oxygens (including phenoxy) is 2. The van der Waals surface area contributed by atoms with Crippen molar-refractivity contribution in [1.29, 1.82) is 0 Å². The van der Waals surface area contributed by atoms with E-state index in [0.29, 0.717) is 18.2 Å². The molecule has 1 aromatic heterocycles. The third kappa shape index (κ3) is 3.26. The molecule has 0 bridgehead atoms. The molecule has 0 fully saturated rings. The summed E-state index contributed by atoms with van der Waals surface area (Å²) in [4.78, 5) is 4.19. The van der Waals surface area contributed by atoms with E-state index in [4.69, 9.17) is 15.2 Å². The molecule has 4 nitrogen and oxygen atoms in total. The van der Waals surface area contributed by atoms with Crippen LogP contribution in [0.2, 0.25) is 0 Å². The van der Waals surface area contributed by atoms with Crippen LogP contribution in [0.25, 0.3) is 0 Å². The fourth-order valence-corrected chi connectivity index (χ4v) is 2.41. The van der Waals surface area contributed by atoms with E-state index in [1.54, 1.807) is 13.3 Å². The van der Waals surface area contributed by atoms with E-state index in [2.05, 4.69) is 36.8 Å². The van der Waals surface area contributed by atoms with Crippen molar-refractivity contribution >= 4 is 31.9 Å². The standard InChI is InChI=1S/C13H12Br2N2O2/c1-18-11-5-10(15)12(6-9(11)14)19-13-8(7-16)3-2-4-17-13/h2-6H,7,16H2,1H3. The van der Waals surface area contributed by atoms with E-state index >= 15 is 0 Å². The monoisotopic (exact) mass is 386 g/mol. The molecule has 0 saturated heterocycles. The molecule has 0 atom stereocenters. The number of hydrogen-bond acceptors (Lipinski definition) is 4. The van der Waals surface area contributed by atoms with Crippen molar-refractivity contribution in [2.75, 3.05) is 7.11 Å². The molecule has 0 aliphatic carbocycles. The van der Waals surface area contributed by atoms with Gasteiger partial charge in [-0.3, -0.25) is 0 Å². The van der Waals surface area contributed by atoms with Gasteiger partial charge in [0.2, 0.25) is 5.88 Å². The van der Waals surface area contributed by atoms with Gasteiger partial charge in [-0.2, -0.15) is 0 Å². The molecule has 1 aromatic carbocycles. The maximum Gasteiger partial charge on any atom is 0.223 e. The van der Waals surface area contributed by atoms with Crippen molar-refractivity contribution in [1.82, 2.24) is 4.98 Å². The largest absolute Gasteiger partial charge is 0.496 e. The zero-order valence-electron chi connectivity index (χ0n) is 10.2. The number of rotatable bonds is 4. The van der Waals surface area contributed by atoms with E-state index in [1.165, 1.54) is 0 Å². The Balaban J connectivity index is 2.36. The third-order valence-electron chi connectivity index (χ3n) is 2.48. The lowest BCUT2D eigenvalue weighted by molar-refractivity contribution is 0.408. The van der Waals surface area contributed by atoms with Crippen LogP contribution in [0.3, 0.4) is 0 Å². The summed E-state index contributed by atoms with van der Waals surface area (Å²) in [5, 5.41) is 0. The molecule has 0 aliphatic heterocycles. The summed E-state index contributed by atoms with van der Waals surface area (Å²) in [6, 6.07) is 7.35. The predicted molar refractivity (Wildman–Crippen MR) is 80.6 cm³/mol. The predicted octanol–water partition coefficient (Wildman–Crippen LogP) is 3.87. The smallest absolute Gasteiger partial charge is 0.223 e. The van der Waals surface area contributed by atoms with E-state index in [1.807, 2.05) is 24.3 Å². The van der Waals surface area contributed by atoms with Crippen LogP contribution in [0, 0.1) is 0 Å². The van der Waals surface area contributed by atoms with Gasteiger partial charge in [0.25, 0.3) is 0 Å². The number of methoxy groups -OCH3 is 1. The SMILES string of the molecule is COc1cc(Br)c(Oc2ncccc2CN)cc1Br. The number of benzene rings is 1. The summed E-state index contributed by atoms with van der Waals surface area (Å²) < 4.78 is 12.6. The molecule has 19 heavy (non-hydrogen) atoms. The number of nitrogens with zero attached hydrogens (tertiary/aromatic N) is 1. The minimum atomic E-state index is 0.373. The van der Waals surface area contributed by atoms with Crippen molar-refractivity contribution < 1.29 is 9.47 Å². The van der Waals surface area contributed by atoms with E-state index < -0.39 is 0 Å². The average molecular weight is 388 g/mol. The van der Waals surface area contributed by atoms with Gasteiger partial charge in [-0.15, -0.1) is 0 Å². The van der Waals surface area contributed by atoms with Crippen LogP contribution in [0.15, 0.2) is 39.4 Å². The van der Waals surface area contributed by atoms with Gasteiger partial charge in [-0.25, -0.2) is 4.98 Å². The molecule has 0 spiro atoms. The Labute approximate surface area is 128 Å². The molecule has 0 radical (unpaired) electrons. The summed E-state index contributed by atoms with van der Waals surface area (Å²) in [6.45, 7) is 0.373. The van der Waals surface area contributed by atoms with Gasteiger partial charge in [-0.1, -0.05) is 6.07 Å². The molecular weight excluding hydrogens is 376 g/mol. The van der Waals surface area contributed by atoms with Crippen molar-refractivity contribution in [3.8, 4) is 17.4 Å². The molecule has 1 heterocycles. The maximum atomic E-state index is 5.79. The average Bonchev–Trinajstić information content (AvgIpc) is 2.43. The normalized spacial score (nSPS) is 10.3. The lowest BCUT2D eigenvalue weighted by Gasteiger charge is -2.12. The van der Waals surface area contributed by atoms with Crippen molar-refractivity contribution in [2.24, 2.45) is 5.73 Å². The highest BCUT2D eigenvalue weighted by molar-refractivity contribution is 9.11. The van der Waals surface area contributed by atoms with Gasteiger partial charge in [0.05, 0.1) is 16.1 Å². The Morgan fingerprint density at radius 1 is 1.21 bits per heavy atom. The Morgan fingerprint density at radius 3 is 2.58 bits per heavy atom. The zero-order chi connectivity index (χ0) is 13.8. The number of halogens is 2. The minimum Gasteiger partial charge on any atom is -0.496 e. The summed E-state index contributed by atoms with van der Waals surface area (Å²) in [7, 11) is 1.61. The molecule has 2 aromatic rings. The maximum absolute atomic E-state index is 5.79. The van der Waals surface area contributed by atoms with Crippen molar-refractivity contribution in [3.05, 3.63) is 45.0 Å². The first kappa shape index (κ1) is 14.3. The Bertz CT molecular complexity index is 591. The highest BCUT2D eigenvalue weighted by Gasteiger charge is 2.11. The van der Waals surface area contributed by atoms with Gasteiger partial charge in [0, 0.05) is 18.3 Å². The van der Waals surface area contributed by atoms with Crippen LogP contribution in [0.4, 0.5) is 0 Å². The molecule has 0 saturated carbocycles. The van der Waals surface area contributed by atoms with Crippen LogP contribution in [0.1, 0.15) is 5.56 Å². The van der Waals surface area contributed by atoms with Crippen molar-refractivity contribution in [2.45, 2.75) is 6.54 Å². The van der Waals surface area contributed by atoms with Crippen LogP contribution >= 0.6 is 31.9 Å². The first-order chi connectivity index (χ1) is 9.15. The first-order valence-corrected chi connectivity index (χ1v) is 7.09. The quantitative estimate of drug-likeness (QED) is 0.865. The number of hydrogen-bond donors (Lipinski definition) is 1. The summed E-state index contributed by atoms with van der Waals surface area (Å²) in [5.41, 5.74) is 6.51. The molecule has 100 valence electrons. The summed E-state index contributed by atoms with van der Waals surface area (Å²) in [6.07, 6.45) is 1.67. The molecule has 0 unspecified atom stereocenters. The molecule has 6 heteroatoms. The Morgan fingerprint density at radius 2 is 1.89 bits per heavy atom. The van der Waals surface area contributed by atoms with E-state index in [0.717, 1.165) is 20.3 Å². The van der Waals surface area contributed by atoms with E-state index in [-0.39, 0.29) is 0 Å². The molecular formula is C13H12Br2N2O2. The lowest BCUT2D eigenvalue weighted by Crippen LogP contribution is -2.01. The van der Waals surface area contributed by atoms with Gasteiger partial charge in [0.1, 0.15) is 11.5 Å². The second kappa shape index (κ2) is 6.36. The lowest BCUT2D eigenvalue weighted by atomic mass is 10.2. The highest BCUT2D eigenvalue weighted by atomic mass is 79.9. The van der Waals surface area contributed by atoms with Crippen LogP contribution < -0.4 is 15.2 Å². The number of aromatic nitrogens is 1. The van der Waals surface area contributed by atoms with Gasteiger partial charge in [-0.05, 0) is 50.1 Å². The molecule has 2 N–H and O–H groups in total. The fourth-order valence-electron chi connectivity index (χ4n) is 1.52. The highest BCUT2D eigenvalue weighted by Crippen LogP contribution is 2.38. The molecule has 2 rings (SSSR count).